The second kappa shape index (κ2) is 7.07. The molecule has 1 aromatic heterocycles. The number of hydrogen-bond donors (Lipinski definition) is 0. The van der Waals surface area contributed by atoms with Crippen molar-refractivity contribution in [1.82, 2.24) is 4.98 Å². The summed E-state index contributed by atoms with van der Waals surface area (Å²) in [4.78, 5) is 16.9. The number of rotatable bonds is 7. The minimum Gasteiger partial charge on any atom is -0.372 e. The minimum absolute atomic E-state index is 0.208. The normalized spacial score (nSPS) is 10.8. The number of pyridine rings is 1. The molecule has 0 aliphatic carbocycles. The van der Waals surface area contributed by atoms with Crippen LogP contribution in [0.25, 0.3) is 0 Å². The van der Waals surface area contributed by atoms with Crippen LogP contribution in [0.2, 0.25) is 0 Å². The molecule has 0 bridgehead atoms. The van der Waals surface area contributed by atoms with Gasteiger partial charge >= 0.3 is 0 Å². The van der Waals surface area contributed by atoms with Crippen molar-refractivity contribution in [1.29, 1.82) is 0 Å². The van der Waals surface area contributed by atoms with E-state index in [4.69, 9.17) is 0 Å². The summed E-state index contributed by atoms with van der Waals surface area (Å²) in [6, 6.07) is 3.88. The summed E-state index contributed by atoms with van der Waals surface area (Å²) < 4.78 is 0. The van der Waals surface area contributed by atoms with Gasteiger partial charge in [-0.25, -0.2) is 0 Å². The van der Waals surface area contributed by atoms with E-state index in [0.717, 1.165) is 30.9 Å². The van der Waals surface area contributed by atoms with Crippen LogP contribution >= 0.6 is 0 Å². The lowest BCUT2D eigenvalue weighted by Gasteiger charge is -2.22. The molecule has 1 rings (SSSR count). The molecule has 0 N–H and O–H groups in total. The number of anilines is 1. The average Bonchev–Trinajstić information content (AvgIpc) is 2.28. The highest BCUT2D eigenvalue weighted by Crippen LogP contribution is 2.19. The second-order valence-electron chi connectivity index (χ2n) is 5.07. The zero-order valence-electron chi connectivity index (χ0n) is 12.2. The molecule has 106 valence electrons. The molecule has 1 heterocycles. The summed E-state index contributed by atoms with van der Waals surface area (Å²) in [5, 5.41) is 10.7. The van der Waals surface area contributed by atoms with Gasteiger partial charge < -0.3 is 4.90 Å². The molecule has 0 radical (unpaired) electrons. The van der Waals surface area contributed by atoms with Crippen molar-refractivity contribution in [2.24, 2.45) is 5.92 Å². The maximum atomic E-state index is 10.7. The number of nitro groups is 1. The highest BCUT2D eigenvalue weighted by atomic mass is 16.6. The summed E-state index contributed by atoms with van der Waals surface area (Å²) in [6.45, 7) is 9.98. The Morgan fingerprint density at radius 3 is 2.32 bits per heavy atom. The molecule has 0 fully saturated rings. The molecule has 5 nitrogen and oxygen atoms in total. The van der Waals surface area contributed by atoms with E-state index >= 15 is 0 Å². The molecular weight excluding hydrogens is 242 g/mol. The van der Waals surface area contributed by atoms with Gasteiger partial charge in [0.1, 0.15) is 5.69 Å². The van der Waals surface area contributed by atoms with Gasteiger partial charge in [0.25, 0.3) is 0 Å². The Balaban J connectivity index is 3.11. The van der Waals surface area contributed by atoms with Gasteiger partial charge in [-0.05, 0) is 38.3 Å². The van der Waals surface area contributed by atoms with Crippen molar-refractivity contribution >= 4 is 5.69 Å². The lowest BCUT2D eigenvalue weighted by atomic mass is 10.1. The SMILES string of the molecule is CCN(CC)c1cc(CC(C)C)nc(C[N+](=O)[O-])c1. The maximum Gasteiger partial charge on any atom is 0.245 e. The van der Waals surface area contributed by atoms with Gasteiger partial charge in [-0.2, -0.15) is 0 Å². The first-order valence-electron chi connectivity index (χ1n) is 6.82. The third kappa shape index (κ3) is 4.85. The predicted octanol–water partition coefficient (Wildman–Crippen LogP) is 2.90. The summed E-state index contributed by atoms with van der Waals surface area (Å²) in [6.07, 6.45) is 0.847. The molecule has 0 aromatic carbocycles. The third-order valence-electron chi connectivity index (χ3n) is 2.95. The van der Waals surface area contributed by atoms with Crippen LogP contribution in [0, 0.1) is 16.0 Å². The first-order valence-corrected chi connectivity index (χ1v) is 6.82. The van der Waals surface area contributed by atoms with Gasteiger partial charge in [-0.15, -0.1) is 0 Å². The Hall–Kier alpha value is -1.65. The smallest absolute Gasteiger partial charge is 0.245 e. The summed E-state index contributed by atoms with van der Waals surface area (Å²) >= 11 is 0. The summed E-state index contributed by atoms with van der Waals surface area (Å²) in [7, 11) is 0. The lowest BCUT2D eigenvalue weighted by Crippen LogP contribution is -2.22. The molecule has 0 saturated carbocycles. The van der Waals surface area contributed by atoms with E-state index in [-0.39, 0.29) is 11.5 Å². The summed E-state index contributed by atoms with van der Waals surface area (Å²) in [5.74, 6) is 0.489. The largest absolute Gasteiger partial charge is 0.372 e. The van der Waals surface area contributed by atoms with Crippen LogP contribution in [0.4, 0.5) is 5.69 Å². The van der Waals surface area contributed by atoms with E-state index in [0.29, 0.717) is 11.6 Å². The Kier molecular flexibility index (Phi) is 5.73. The third-order valence-corrected chi connectivity index (χ3v) is 2.95. The lowest BCUT2D eigenvalue weighted by molar-refractivity contribution is -0.497. The molecule has 0 unspecified atom stereocenters. The van der Waals surface area contributed by atoms with Gasteiger partial charge in [-0.3, -0.25) is 15.1 Å². The zero-order chi connectivity index (χ0) is 14.4. The van der Waals surface area contributed by atoms with Crippen LogP contribution in [0.1, 0.15) is 39.1 Å². The molecule has 0 saturated heterocycles. The number of nitrogens with zero attached hydrogens (tertiary/aromatic N) is 3. The fourth-order valence-corrected chi connectivity index (χ4v) is 2.14. The van der Waals surface area contributed by atoms with Crippen LogP contribution in [0.5, 0.6) is 0 Å². The molecule has 19 heavy (non-hydrogen) atoms. The highest BCUT2D eigenvalue weighted by Gasteiger charge is 2.11. The summed E-state index contributed by atoms with van der Waals surface area (Å²) in [5.41, 5.74) is 2.52. The predicted molar refractivity (Wildman–Crippen MR) is 77.0 cm³/mol. The van der Waals surface area contributed by atoms with E-state index in [1.54, 1.807) is 0 Å². The van der Waals surface area contributed by atoms with Gasteiger partial charge in [-0.1, -0.05) is 13.8 Å². The van der Waals surface area contributed by atoms with Crippen molar-refractivity contribution < 1.29 is 4.92 Å². The zero-order valence-corrected chi connectivity index (χ0v) is 12.2. The highest BCUT2D eigenvalue weighted by molar-refractivity contribution is 5.48. The Labute approximate surface area is 114 Å². The molecule has 0 amide bonds. The standard InChI is InChI=1S/C14H23N3O2/c1-5-16(6-2)14-8-12(7-11(3)4)15-13(9-14)10-17(18)19/h8-9,11H,5-7,10H2,1-4H3. The molecular formula is C14H23N3O2. The monoisotopic (exact) mass is 265 g/mol. The van der Waals surface area contributed by atoms with Crippen LogP contribution in [-0.4, -0.2) is 23.0 Å². The van der Waals surface area contributed by atoms with Gasteiger partial charge in [0.2, 0.25) is 6.54 Å². The second-order valence-corrected chi connectivity index (χ2v) is 5.07. The van der Waals surface area contributed by atoms with Crippen molar-refractivity contribution in [3.05, 3.63) is 33.6 Å². The van der Waals surface area contributed by atoms with Gasteiger partial charge in [0.15, 0.2) is 0 Å². The molecule has 5 heteroatoms. The molecule has 0 atom stereocenters. The van der Waals surface area contributed by atoms with E-state index in [2.05, 4.69) is 43.6 Å². The Morgan fingerprint density at radius 1 is 1.26 bits per heavy atom. The van der Waals surface area contributed by atoms with E-state index in [1.165, 1.54) is 0 Å². The van der Waals surface area contributed by atoms with Crippen LogP contribution in [0.3, 0.4) is 0 Å². The van der Waals surface area contributed by atoms with Crippen molar-refractivity contribution in [3.8, 4) is 0 Å². The van der Waals surface area contributed by atoms with E-state index in [1.807, 2.05) is 6.07 Å². The molecule has 1 aromatic rings. The molecule has 0 aliphatic rings. The Morgan fingerprint density at radius 2 is 1.84 bits per heavy atom. The van der Waals surface area contributed by atoms with E-state index in [9.17, 15) is 10.1 Å². The van der Waals surface area contributed by atoms with Crippen molar-refractivity contribution in [3.63, 3.8) is 0 Å². The van der Waals surface area contributed by atoms with Crippen LogP contribution in [0.15, 0.2) is 12.1 Å². The maximum absolute atomic E-state index is 10.7. The minimum atomic E-state index is -0.326. The topological polar surface area (TPSA) is 59.3 Å². The van der Waals surface area contributed by atoms with Crippen LogP contribution < -0.4 is 4.90 Å². The molecule has 0 aliphatic heterocycles. The number of aromatic nitrogens is 1. The first kappa shape index (κ1) is 15.4. The number of hydrogen-bond acceptors (Lipinski definition) is 4. The van der Waals surface area contributed by atoms with Crippen LogP contribution in [-0.2, 0) is 13.0 Å². The quantitative estimate of drug-likeness (QED) is 0.562. The fourth-order valence-electron chi connectivity index (χ4n) is 2.14. The van der Waals surface area contributed by atoms with Crippen molar-refractivity contribution in [2.75, 3.05) is 18.0 Å². The first-order chi connectivity index (χ1) is 8.96. The van der Waals surface area contributed by atoms with Gasteiger partial charge in [0.05, 0.1) is 0 Å². The fraction of sp³-hybridized carbons (Fsp3) is 0.643. The average molecular weight is 265 g/mol. The van der Waals surface area contributed by atoms with Crippen molar-refractivity contribution in [2.45, 2.75) is 40.7 Å². The van der Waals surface area contributed by atoms with E-state index < -0.39 is 0 Å². The molecule has 0 spiro atoms. The van der Waals surface area contributed by atoms with Gasteiger partial charge in [0, 0.05) is 29.4 Å². The Bertz CT molecular complexity index is 429.